The van der Waals surface area contributed by atoms with Gasteiger partial charge in [0.05, 0.1) is 7.11 Å². The average Bonchev–Trinajstić information content (AvgIpc) is 2.71. The molecule has 0 amide bonds. The first kappa shape index (κ1) is 11.3. The molecule has 2 rings (SSSR count). The van der Waals surface area contributed by atoms with Crippen LogP contribution < -0.4 is 0 Å². The van der Waals surface area contributed by atoms with Crippen molar-refractivity contribution >= 4 is 17.5 Å². The maximum atomic E-state index is 12.8. The van der Waals surface area contributed by atoms with Gasteiger partial charge in [-0.25, -0.2) is 9.18 Å². The van der Waals surface area contributed by atoms with Crippen LogP contribution in [0.4, 0.5) is 4.39 Å². The molecule has 0 unspecified atom stereocenters. The standard InChI is InChI=1S/C12H9FO4/c1-16-12(15)10-9(14)6-17-11(10)7-2-4-8(13)5-3-7/h2-5H,6H2,1H3. The summed E-state index contributed by atoms with van der Waals surface area (Å²) in [6.07, 6.45) is 0. The van der Waals surface area contributed by atoms with E-state index in [-0.39, 0.29) is 17.9 Å². The smallest absolute Gasteiger partial charge is 0.345 e. The van der Waals surface area contributed by atoms with E-state index in [2.05, 4.69) is 4.74 Å². The first-order valence-corrected chi connectivity index (χ1v) is 4.88. The number of rotatable bonds is 2. The molecule has 1 aliphatic rings. The Balaban J connectivity index is 2.48. The Labute approximate surface area is 96.6 Å². The normalized spacial score (nSPS) is 14.8. The molecule has 0 radical (unpaired) electrons. The van der Waals surface area contributed by atoms with Gasteiger partial charge in [0.25, 0.3) is 0 Å². The first-order chi connectivity index (χ1) is 8.13. The number of hydrogen-bond acceptors (Lipinski definition) is 4. The second kappa shape index (κ2) is 4.37. The SMILES string of the molecule is COC(=O)C1=C(c2ccc(F)cc2)OCC1=O. The third kappa shape index (κ3) is 2.04. The van der Waals surface area contributed by atoms with Crippen molar-refractivity contribution in [2.75, 3.05) is 13.7 Å². The number of esters is 1. The van der Waals surface area contributed by atoms with Gasteiger partial charge in [0.1, 0.15) is 17.1 Å². The van der Waals surface area contributed by atoms with Gasteiger partial charge in [-0.3, -0.25) is 4.79 Å². The molecule has 1 heterocycles. The molecule has 1 aromatic carbocycles. The summed E-state index contributed by atoms with van der Waals surface area (Å²) in [4.78, 5) is 22.9. The molecule has 0 saturated heterocycles. The van der Waals surface area contributed by atoms with Crippen LogP contribution in [0.5, 0.6) is 0 Å². The van der Waals surface area contributed by atoms with Crippen molar-refractivity contribution in [1.82, 2.24) is 0 Å². The number of ether oxygens (including phenoxy) is 2. The number of carbonyl (C=O) groups is 2. The van der Waals surface area contributed by atoms with Crippen molar-refractivity contribution < 1.29 is 23.5 Å². The Morgan fingerprint density at radius 1 is 1.35 bits per heavy atom. The van der Waals surface area contributed by atoms with Crippen LogP contribution in [0.25, 0.3) is 5.76 Å². The number of hydrogen-bond donors (Lipinski definition) is 0. The molecule has 0 fully saturated rings. The minimum Gasteiger partial charge on any atom is -0.484 e. The molecule has 1 aromatic rings. The molecular weight excluding hydrogens is 227 g/mol. The summed E-state index contributed by atoms with van der Waals surface area (Å²) >= 11 is 0. The molecule has 88 valence electrons. The van der Waals surface area contributed by atoms with E-state index in [1.165, 1.54) is 31.4 Å². The molecule has 0 saturated carbocycles. The van der Waals surface area contributed by atoms with Crippen LogP contribution in [0.15, 0.2) is 29.8 Å². The van der Waals surface area contributed by atoms with Gasteiger partial charge in [0, 0.05) is 5.56 Å². The molecule has 4 nitrogen and oxygen atoms in total. The van der Waals surface area contributed by atoms with Gasteiger partial charge in [0.2, 0.25) is 5.78 Å². The van der Waals surface area contributed by atoms with Crippen LogP contribution >= 0.6 is 0 Å². The third-order valence-corrected chi connectivity index (χ3v) is 2.35. The van der Waals surface area contributed by atoms with Gasteiger partial charge in [-0.2, -0.15) is 0 Å². The van der Waals surface area contributed by atoms with E-state index >= 15 is 0 Å². The van der Waals surface area contributed by atoms with E-state index in [0.29, 0.717) is 5.56 Å². The molecule has 1 aliphatic heterocycles. The summed E-state index contributed by atoms with van der Waals surface area (Å²) in [7, 11) is 1.18. The highest BCUT2D eigenvalue weighted by Gasteiger charge is 2.32. The maximum absolute atomic E-state index is 12.8. The quantitative estimate of drug-likeness (QED) is 0.574. The molecule has 0 aromatic heterocycles. The van der Waals surface area contributed by atoms with Gasteiger partial charge >= 0.3 is 5.97 Å². The summed E-state index contributed by atoms with van der Waals surface area (Å²) in [5.74, 6) is -1.44. The average molecular weight is 236 g/mol. The fourth-order valence-electron chi connectivity index (χ4n) is 1.55. The molecule has 0 bridgehead atoms. The minimum atomic E-state index is -0.744. The zero-order chi connectivity index (χ0) is 12.4. The van der Waals surface area contributed by atoms with Crippen molar-refractivity contribution in [3.05, 3.63) is 41.2 Å². The summed E-state index contributed by atoms with van der Waals surface area (Å²) < 4.78 is 22.4. The van der Waals surface area contributed by atoms with E-state index in [1.54, 1.807) is 0 Å². The lowest BCUT2D eigenvalue weighted by Gasteiger charge is -2.04. The molecule has 0 aliphatic carbocycles. The van der Waals surface area contributed by atoms with Crippen LogP contribution in [-0.4, -0.2) is 25.5 Å². The molecule has 0 atom stereocenters. The zero-order valence-corrected chi connectivity index (χ0v) is 9.03. The second-order valence-corrected chi connectivity index (χ2v) is 3.41. The van der Waals surface area contributed by atoms with Gasteiger partial charge in [-0.1, -0.05) is 0 Å². The Morgan fingerprint density at radius 3 is 2.59 bits per heavy atom. The molecule has 0 spiro atoms. The summed E-state index contributed by atoms with van der Waals surface area (Å²) in [6, 6.07) is 5.32. The molecule has 5 heteroatoms. The summed E-state index contributed by atoms with van der Waals surface area (Å²) in [6.45, 7) is -0.197. The largest absolute Gasteiger partial charge is 0.484 e. The Hall–Kier alpha value is -2.17. The third-order valence-electron chi connectivity index (χ3n) is 2.35. The number of benzene rings is 1. The topological polar surface area (TPSA) is 52.6 Å². The van der Waals surface area contributed by atoms with Crippen LogP contribution in [0.1, 0.15) is 5.56 Å². The second-order valence-electron chi connectivity index (χ2n) is 3.41. The number of carbonyl (C=O) groups excluding carboxylic acids is 2. The van der Waals surface area contributed by atoms with Crippen LogP contribution in [0.3, 0.4) is 0 Å². The highest BCUT2D eigenvalue weighted by atomic mass is 19.1. The molecular formula is C12H9FO4. The number of ketones is 1. The van der Waals surface area contributed by atoms with Gasteiger partial charge in [-0.15, -0.1) is 0 Å². The van der Waals surface area contributed by atoms with E-state index in [0.717, 1.165) is 0 Å². The van der Waals surface area contributed by atoms with E-state index < -0.39 is 17.6 Å². The summed E-state index contributed by atoms with van der Waals surface area (Å²) in [5, 5.41) is 0. The lowest BCUT2D eigenvalue weighted by Crippen LogP contribution is -2.13. The number of Topliss-reactive ketones (excluding diaryl/α,β-unsaturated/α-hetero) is 1. The van der Waals surface area contributed by atoms with E-state index in [1.807, 2.05) is 0 Å². The van der Waals surface area contributed by atoms with Crippen LogP contribution in [0, 0.1) is 5.82 Å². The number of methoxy groups -OCH3 is 1. The van der Waals surface area contributed by atoms with Gasteiger partial charge < -0.3 is 9.47 Å². The van der Waals surface area contributed by atoms with Crippen molar-refractivity contribution in [3.63, 3.8) is 0 Å². The fourth-order valence-corrected chi connectivity index (χ4v) is 1.55. The highest BCUT2D eigenvalue weighted by Crippen LogP contribution is 2.27. The van der Waals surface area contributed by atoms with Crippen molar-refractivity contribution in [3.8, 4) is 0 Å². The first-order valence-electron chi connectivity index (χ1n) is 4.88. The fraction of sp³-hybridized carbons (Fsp3) is 0.167. The highest BCUT2D eigenvalue weighted by molar-refractivity contribution is 6.24. The van der Waals surface area contributed by atoms with Crippen LogP contribution in [0.2, 0.25) is 0 Å². The van der Waals surface area contributed by atoms with Crippen molar-refractivity contribution in [1.29, 1.82) is 0 Å². The summed E-state index contributed by atoms with van der Waals surface area (Å²) in [5.41, 5.74) is 0.344. The lowest BCUT2D eigenvalue weighted by atomic mass is 10.1. The molecule has 0 N–H and O–H groups in total. The van der Waals surface area contributed by atoms with Crippen LogP contribution in [-0.2, 0) is 19.1 Å². The monoisotopic (exact) mass is 236 g/mol. The van der Waals surface area contributed by atoms with E-state index in [9.17, 15) is 14.0 Å². The number of halogens is 1. The predicted octanol–water partition coefficient (Wildman–Crippen LogP) is 1.31. The minimum absolute atomic E-state index is 0.126. The van der Waals surface area contributed by atoms with E-state index in [4.69, 9.17) is 4.74 Å². The zero-order valence-electron chi connectivity index (χ0n) is 9.03. The molecule has 17 heavy (non-hydrogen) atoms. The predicted molar refractivity (Wildman–Crippen MR) is 56.3 cm³/mol. The Bertz CT molecular complexity index is 502. The van der Waals surface area contributed by atoms with Crippen molar-refractivity contribution in [2.45, 2.75) is 0 Å². The maximum Gasteiger partial charge on any atom is 0.345 e. The van der Waals surface area contributed by atoms with Gasteiger partial charge in [-0.05, 0) is 24.3 Å². The Morgan fingerprint density at radius 2 is 2.00 bits per heavy atom. The Kier molecular flexibility index (Phi) is 2.91. The lowest BCUT2D eigenvalue weighted by molar-refractivity contribution is -0.137. The van der Waals surface area contributed by atoms with Crippen molar-refractivity contribution in [2.24, 2.45) is 0 Å². The van der Waals surface area contributed by atoms with Gasteiger partial charge in [0.15, 0.2) is 6.61 Å².